The van der Waals surface area contributed by atoms with Crippen LogP contribution in [0.5, 0.6) is 0 Å². The van der Waals surface area contributed by atoms with E-state index in [4.69, 9.17) is 4.99 Å². The van der Waals surface area contributed by atoms with Crippen molar-refractivity contribution in [2.24, 2.45) is 4.99 Å². The Balaban J connectivity index is 1.31. The molecule has 1 amide bonds. The Morgan fingerprint density at radius 2 is 1.40 bits per heavy atom. The summed E-state index contributed by atoms with van der Waals surface area (Å²) in [5.74, 6) is 0.528. The number of aliphatic imine (C=N–C) groups is 1. The van der Waals surface area contributed by atoms with E-state index in [1.165, 1.54) is 39.7 Å². The van der Waals surface area contributed by atoms with Gasteiger partial charge in [-0.15, -0.1) is 0 Å². The largest absolute Gasteiger partial charge is 0.371 e. The number of anilines is 1. The molecule has 1 N–H and O–H groups in total. The molecule has 0 aliphatic carbocycles. The first-order chi connectivity index (χ1) is 19.6. The van der Waals surface area contributed by atoms with E-state index in [1.807, 2.05) is 30.3 Å². The second-order valence-electron chi connectivity index (χ2n) is 10.5. The number of thioether (sulfide) groups is 1. The lowest BCUT2D eigenvalue weighted by Gasteiger charge is -2.43. The van der Waals surface area contributed by atoms with Gasteiger partial charge in [-0.3, -0.25) is 4.79 Å². The summed E-state index contributed by atoms with van der Waals surface area (Å²) in [5, 5.41) is 3.62. The molecule has 7 rings (SSSR count). The second-order valence-corrected chi connectivity index (χ2v) is 12.4. The highest BCUT2D eigenvalue weighted by atomic mass is 79.9. The molecule has 0 spiro atoms. The SMILES string of the molecule is O=C1NC(=Nc2cc3c4c(c2)[C@@H](c2ccccc2)CCN4CC[C@@H]3c2ccccc2)S/C1=C\c1ccc(Br)cc1. The Bertz CT molecular complexity index is 1560. The Labute approximate surface area is 247 Å². The molecule has 1 saturated heterocycles. The quantitative estimate of drug-likeness (QED) is 0.238. The molecule has 2 atom stereocenters. The number of rotatable bonds is 4. The summed E-state index contributed by atoms with van der Waals surface area (Å²) >= 11 is 4.87. The molecule has 0 aromatic heterocycles. The van der Waals surface area contributed by atoms with E-state index in [0.717, 1.165) is 41.7 Å². The zero-order chi connectivity index (χ0) is 27.1. The molecule has 4 aromatic carbocycles. The molecule has 0 radical (unpaired) electrons. The van der Waals surface area contributed by atoms with Crippen LogP contribution in [0.15, 0.2) is 111 Å². The van der Waals surface area contributed by atoms with Crippen LogP contribution in [-0.2, 0) is 4.79 Å². The molecule has 0 bridgehead atoms. The normalized spacial score (nSPS) is 21.9. The fraction of sp³-hybridized carbons (Fsp3) is 0.176. The highest BCUT2D eigenvalue weighted by molar-refractivity contribution is 9.10. The lowest BCUT2D eigenvalue weighted by molar-refractivity contribution is -0.115. The number of hydrogen-bond acceptors (Lipinski definition) is 4. The summed E-state index contributed by atoms with van der Waals surface area (Å²) in [7, 11) is 0. The number of nitrogens with one attached hydrogen (secondary N) is 1. The van der Waals surface area contributed by atoms with E-state index in [-0.39, 0.29) is 5.91 Å². The molecule has 3 aliphatic rings. The lowest BCUT2D eigenvalue weighted by atomic mass is 9.76. The van der Waals surface area contributed by atoms with Gasteiger partial charge in [-0.1, -0.05) is 88.7 Å². The van der Waals surface area contributed by atoms with Gasteiger partial charge >= 0.3 is 0 Å². The van der Waals surface area contributed by atoms with Gasteiger partial charge in [-0.2, -0.15) is 0 Å². The number of amidine groups is 1. The average Bonchev–Trinajstić information content (AvgIpc) is 3.33. The zero-order valence-corrected chi connectivity index (χ0v) is 24.3. The molecular formula is C34H28BrN3OS. The molecule has 1 fully saturated rings. The van der Waals surface area contributed by atoms with Crippen molar-refractivity contribution in [1.29, 1.82) is 0 Å². The van der Waals surface area contributed by atoms with Crippen molar-refractivity contribution in [3.8, 4) is 0 Å². The van der Waals surface area contributed by atoms with Gasteiger partial charge in [0.25, 0.3) is 5.91 Å². The number of carbonyl (C=O) groups excluding carboxylic acids is 1. The van der Waals surface area contributed by atoms with Gasteiger partial charge < -0.3 is 10.2 Å². The minimum atomic E-state index is -0.110. The number of halogens is 1. The van der Waals surface area contributed by atoms with Gasteiger partial charge in [0, 0.05) is 35.1 Å². The number of nitrogens with zero attached hydrogens (tertiary/aromatic N) is 2. The fourth-order valence-corrected chi connectivity index (χ4v) is 7.32. The van der Waals surface area contributed by atoms with Crippen molar-refractivity contribution in [3.05, 3.63) is 134 Å². The summed E-state index contributed by atoms with van der Waals surface area (Å²) in [5.41, 5.74) is 8.63. The highest BCUT2D eigenvalue weighted by Gasteiger charge is 2.35. The van der Waals surface area contributed by atoms with Crippen molar-refractivity contribution in [2.45, 2.75) is 24.7 Å². The first-order valence-electron chi connectivity index (χ1n) is 13.7. The Morgan fingerprint density at radius 1 is 0.825 bits per heavy atom. The fourth-order valence-electron chi connectivity index (χ4n) is 6.21. The molecule has 40 heavy (non-hydrogen) atoms. The molecule has 6 heteroatoms. The van der Waals surface area contributed by atoms with Gasteiger partial charge in [0.15, 0.2) is 5.17 Å². The van der Waals surface area contributed by atoms with Crippen molar-refractivity contribution < 1.29 is 4.79 Å². The molecule has 4 aromatic rings. The number of amides is 1. The van der Waals surface area contributed by atoms with Gasteiger partial charge in [0.1, 0.15) is 0 Å². The third-order valence-corrected chi connectivity index (χ3v) is 9.49. The van der Waals surface area contributed by atoms with E-state index in [1.54, 1.807) is 0 Å². The lowest BCUT2D eigenvalue weighted by Crippen LogP contribution is -2.37. The van der Waals surface area contributed by atoms with Crippen molar-refractivity contribution in [2.75, 3.05) is 18.0 Å². The third kappa shape index (κ3) is 4.91. The zero-order valence-electron chi connectivity index (χ0n) is 21.9. The predicted molar refractivity (Wildman–Crippen MR) is 169 cm³/mol. The predicted octanol–water partition coefficient (Wildman–Crippen LogP) is 8.22. The molecular weight excluding hydrogens is 578 g/mol. The van der Waals surface area contributed by atoms with Crippen molar-refractivity contribution >= 4 is 56.2 Å². The van der Waals surface area contributed by atoms with Crippen LogP contribution in [0, 0.1) is 0 Å². The topological polar surface area (TPSA) is 44.7 Å². The molecule has 3 heterocycles. The maximum atomic E-state index is 12.8. The standard InChI is InChI=1S/C34H28BrN3OS/c35-25-13-11-22(12-14-25)19-31-33(39)37-34(40-31)36-26-20-29-27(23-7-3-1-4-8-23)15-17-38-18-16-28(30(21-26)32(29)38)24-9-5-2-6-10-24/h1-14,19-21,27-28H,15-18H2,(H,36,37,39)/b31-19-/t27-,28-/m1/s1. The number of benzene rings is 4. The van der Waals surface area contributed by atoms with Crippen LogP contribution in [0.1, 0.15) is 52.5 Å². The van der Waals surface area contributed by atoms with Crippen LogP contribution in [-0.4, -0.2) is 24.2 Å². The summed E-state index contributed by atoms with van der Waals surface area (Å²) in [6.07, 6.45) is 4.08. The maximum absolute atomic E-state index is 12.8. The van der Waals surface area contributed by atoms with Crippen LogP contribution in [0.2, 0.25) is 0 Å². The van der Waals surface area contributed by atoms with Gasteiger partial charge in [0.2, 0.25) is 0 Å². The molecule has 198 valence electrons. The van der Waals surface area contributed by atoms with E-state index in [9.17, 15) is 4.79 Å². The number of carbonyl (C=O) groups is 1. The van der Waals surface area contributed by atoms with Crippen LogP contribution >= 0.6 is 27.7 Å². The highest BCUT2D eigenvalue weighted by Crippen LogP contribution is 2.50. The number of hydrogen-bond donors (Lipinski definition) is 1. The van der Waals surface area contributed by atoms with E-state index in [2.05, 4.69) is 98.9 Å². The monoisotopic (exact) mass is 605 g/mol. The third-order valence-electron chi connectivity index (χ3n) is 8.05. The Morgan fingerprint density at radius 3 is 1.98 bits per heavy atom. The van der Waals surface area contributed by atoms with E-state index < -0.39 is 0 Å². The van der Waals surface area contributed by atoms with Crippen molar-refractivity contribution in [1.82, 2.24) is 5.32 Å². The van der Waals surface area contributed by atoms with Gasteiger partial charge in [0.05, 0.1) is 10.6 Å². The summed E-state index contributed by atoms with van der Waals surface area (Å²) < 4.78 is 1.01. The Hall–Kier alpha value is -3.61. The molecule has 3 aliphatic heterocycles. The van der Waals surface area contributed by atoms with Crippen LogP contribution in [0.3, 0.4) is 0 Å². The van der Waals surface area contributed by atoms with Gasteiger partial charge in [-0.25, -0.2) is 4.99 Å². The summed E-state index contributed by atoms with van der Waals surface area (Å²) in [6.45, 7) is 2.12. The van der Waals surface area contributed by atoms with E-state index in [0.29, 0.717) is 21.9 Å². The Kier molecular flexibility index (Phi) is 6.82. The van der Waals surface area contributed by atoms with E-state index >= 15 is 0 Å². The smallest absolute Gasteiger partial charge is 0.264 e. The van der Waals surface area contributed by atoms with Crippen molar-refractivity contribution in [3.63, 3.8) is 0 Å². The minimum Gasteiger partial charge on any atom is -0.371 e. The molecule has 4 nitrogen and oxygen atoms in total. The summed E-state index contributed by atoms with van der Waals surface area (Å²) in [6, 6.07) is 34.1. The minimum absolute atomic E-state index is 0.110. The molecule has 0 saturated carbocycles. The maximum Gasteiger partial charge on any atom is 0.264 e. The molecule has 0 unspecified atom stereocenters. The van der Waals surface area contributed by atoms with Gasteiger partial charge in [-0.05, 0) is 82.8 Å². The summed E-state index contributed by atoms with van der Waals surface area (Å²) in [4.78, 5) is 21.1. The second kappa shape index (κ2) is 10.8. The van der Waals surface area contributed by atoms with Crippen LogP contribution in [0.25, 0.3) is 6.08 Å². The first-order valence-corrected chi connectivity index (χ1v) is 15.3. The average molecular weight is 607 g/mol. The first kappa shape index (κ1) is 25.4. The van der Waals surface area contributed by atoms with Crippen LogP contribution < -0.4 is 10.2 Å². The van der Waals surface area contributed by atoms with Crippen LogP contribution in [0.4, 0.5) is 11.4 Å².